The third kappa shape index (κ3) is 2.66. The minimum absolute atomic E-state index is 0.00460. The monoisotopic (exact) mass is 242 g/mol. The molecule has 1 aromatic rings. The predicted molar refractivity (Wildman–Crippen MR) is 52.7 cm³/mol. The fourth-order valence-electron chi connectivity index (χ4n) is 1.23. The number of alkyl halides is 2. The molecule has 1 rings (SSSR count). The number of aromatic nitrogens is 1. The van der Waals surface area contributed by atoms with Crippen molar-refractivity contribution in [3.05, 3.63) is 33.2 Å². The van der Waals surface area contributed by atoms with Gasteiger partial charge < -0.3 is 9.72 Å². The SMILES string of the molecule is CCOC(=O)c1[nH]c(=O)cc(C(F)F)c1C#N. The molecule has 0 saturated heterocycles. The molecule has 17 heavy (non-hydrogen) atoms. The lowest BCUT2D eigenvalue weighted by molar-refractivity contribution is 0.0518. The van der Waals surface area contributed by atoms with Crippen LogP contribution in [0, 0.1) is 11.3 Å². The molecule has 0 unspecified atom stereocenters. The molecule has 0 radical (unpaired) electrons. The van der Waals surface area contributed by atoms with Gasteiger partial charge in [0.2, 0.25) is 5.56 Å². The molecule has 1 N–H and O–H groups in total. The van der Waals surface area contributed by atoms with Crippen LogP contribution in [0.1, 0.15) is 35.0 Å². The Labute approximate surface area is 94.6 Å². The molecule has 90 valence electrons. The third-order valence-corrected chi connectivity index (χ3v) is 1.90. The summed E-state index contributed by atoms with van der Waals surface area (Å²) in [5.41, 5.74) is -2.78. The summed E-state index contributed by atoms with van der Waals surface area (Å²) in [5, 5.41) is 8.74. The van der Waals surface area contributed by atoms with Crippen molar-refractivity contribution in [2.24, 2.45) is 0 Å². The van der Waals surface area contributed by atoms with Gasteiger partial charge in [-0.3, -0.25) is 4.79 Å². The van der Waals surface area contributed by atoms with Crippen LogP contribution in [0.3, 0.4) is 0 Å². The summed E-state index contributed by atoms with van der Waals surface area (Å²) in [5.74, 6) is -1.01. The van der Waals surface area contributed by atoms with Gasteiger partial charge in [-0.05, 0) is 6.92 Å². The number of hydrogen-bond acceptors (Lipinski definition) is 4. The lowest BCUT2D eigenvalue weighted by Gasteiger charge is -2.07. The second-order valence-corrected chi connectivity index (χ2v) is 2.97. The Morgan fingerprint density at radius 2 is 2.29 bits per heavy atom. The number of H-pyrrole nitrogens is 1. The summed E-state index contributed by atoms with van der Waals surface area (Å²) in [6.45, 7) is 1.52. The minimum atomic E-state index is -3.01. The second-order valence-electron chi connectivity index (χ2n) is 2.97. The van der Waals surface area contributed by atoms with Crippen LogP contribution in [-0.2, 0) is 4.74 Å². The van der Waals surface area contributed by atoms with Crippen LogP contribution in [0.15, 0.2) is 10.9 Å². The Morgan fingerprint density at radius 1 is 1.65 bits per heavy atom. The molecule has 0 bridgehead atoms. The van der Waals surface area contributed by atoms with Gasteiger partial charge in [0.15, 0.2) is 0 Å². The highest BCUT2D eigenvalue weighted by molar-refractivity contribution is 5.90. The summed E-state index contributed by atoms with van der Waals surface area (Å²) in [4.78, 5) is 24.5. The fraction of sp³-hybridized carbons (Fsp3) is 0.300. The maximum absolute atomic E-state index is 12.6. The molecular weight excluding hydrogens is 234 g/mol. The van der Waals surface area contributed by atoms with Crippen LogP contribution in [0.4, 0.5) is 8.78 Å². The standard InChI is InChI=1S/C10H8F2N2O3/c1-2-17-10(16)8-6(4-13)5(9(11)12)3-7(15)14-8/h3,9H,2H2,1H3,(H,14,15). The first-order valence-electron chi connectivity index (χ1n) is 4.63. The highest BCUT2D eigenvalue weighted by Gasteiger charge is 2.22. The number of carbonyl (C=O) groups excluding carboxylic acids is 1. The number of nitriles is 1. The molecule has 0 atom stereocenters. The van der Waals surface area contributed by atoms with E-state index in [9.17, 15) is 18.4 Å². The zero-order valence-electron chi connectivity index (χ0n) is 8.79. The first-order chi connectivity index (χ1) is 8.01. The van der Waals surface area contributed by atoms with E-state index in [1.54, 1.807) is 0 Å². The van der Waals surface area contributed by atoms with Crippen molar-refractivity contribution in [1.82, 2.24) is 4.98 Å². The molecule has 0 amide bonds. The average Bonchev–Trinajstić information content (AvgIpc) is 2.28. The molecule has 1 heterocycles. The number of esters is 1. The molecule has 0 aliphatic carbocycles. The smallest absolute Gasteiger partial charge is 0.356 e. The Hall–Kier alpha value is -2.23. The number of hydrogen-bond donors (Lipinski definition) is 1. The molecule has 0 spiro atoms. The number of carbonyl (C=O) groups is 1. The molecule has 0 fully saturated rings. The second kappa shape index (κ2) is 5.21. The predicted octanol–water partition coefficient (Wildman–Crippen LogP) is 1.36. The lowest BCUT2D eigenvalue weighted by Crippen LogP contribution is -2.19. The fourth-order valence-corrected chi connectivity index (χ4v) is 1.23. The van der Waals surface area contributed by atoms with Gasteiger partial charge in [0, 0.05) is 11.6 Å². The number of halogens is 2. The summed E-state index contributed by atoms with van der Waals surface area (Å²) >= 11 is 0. The van der Waals surface area contributed by atoms with Gasteiger partial charge in [-0.2, -0.15) is 5.26 Å². The molecular formula is C10H8F2N2O3. The zero-order chi connectivity index (χ0) is 13.0. The first kappa shape index (κ1) is 12.8. The van der Waals surface area contributed by atoms with Crippen LogP contribution in [0.25, 0.3) is 0 Å². The van der Waals surface area contributed by atoms with Crippen molar-refractivity contribution >= 4 is 5.97 Å². The van der Waals surface area contributed by atoms with E-state index in [0.29, 0.717) is 6.07 Å². The van der Waals surface area contributed by atoms with E-state index in [2.05, 4.69) is 4.74 Å². The summed E-state index contributed by atoms with van der Waals surface area (Å²) in [6, 6.07) is 2.05. The van der Waals surface area contributed by atoms with E-state index in [1.165, 1.54) is 13.0 Å². The van der Waals surface area contributed by atoms with Crippen LogP contribution in [-0.4, -0.2) is 17.6 Å². The third-order valence-electron chi connectivity index (χ3n) is 1.90. The van der Waals surface area contributed by atoms with Crippen molar-refractivity contribution in [3.8, 4) is 6.07 Å². The summed E-state index contributed by atoms with van der Waals surface area (Å²) < 4.78 is 29.7. The maximum Gasteiger partial charge on any atom is 0.356 e. The van der Waals surface area contributed by atoms with Crippen LogP contribution in [0.5, 0.6) is 0 Å². The van der Waals surface area contributed by atoms with Crippen molar-refractivity contribution in [1.29, 1.82) is 5.26 Å². The first-order valence-corrected chi connectivity index (χ1v) is 4.63. The van der Waals surface area contributed by atoms with Crippen LogP contribution in [0.2, 0.25) is 0 Å². The highest BCUT2D eigenvalue weighted by atomic mass is 19.3. The largest absolute Gasteiger partial charge is 0.461 e. The number of nitrogens with zero attached hydrogens (tertiary/aromatic N) is 1. The number of nitrogens with one attached hydrogen (secondary N) is 1. The van der Waals surface area contributed by atoms with E-state index < -0.39 is 34.8 Å². The van der Waals surface area contributed by atoms with Gasteiger partial charge in [-0.25, -0.2) is 13.6 Å². The Morgan fingerprint density at radius 3 is 2.76 bits per heavy atom. The molecule has 0 aliphatic heterocycles. The number of aromatic amines is 1. The Bertz CT molecular complexity index is 531. The molecule has 5 nitrogen and oxygen atoms in total. The summed E-state index contributed by atoms with van der Waals surface area (Å²) in [6.07, 6.45) is -3.01. The molecule has 1 aromatic heterocycles. The van der Waals surface area contributed by atoms with E-state index in [1.807, 2.05) is 4.98 Å². The van der Waals surface area contributed by atoms with E-state index in [0.717, 1.165) is 0 Å². The molecule has 0 aliphatic rings. The summed E-state index contributed by atoms with van der Waals surface area (Å²) in [7, 11) is 0. The number of pyridine rings is 1. The van der Waals surface area contributed by atoms with Crippen LogP contribution < -0.4 is 5.56 Å². The Balaban J connectivity index is 3.45. The van der Waals surface area contributed by atoms with Crippen molar-refractivity contribution in [2.45, 2.75) is 13.3 Å². The number of rotatable bonds is 3. The van der Waals surface area contributed by atoms with Crippen LogP contribution >= 0.6 is 0 Å². The lowest BCUT2D eigenvalue weighted by atomic mass is 10.1. The molecule has 0 saturated carbocycles. The van der Waals surface area contributed by atoms with Gasteiger partial charge in [0.25, 0.3) is 6.43 Å². The van der Waals surface area contributed by atoms with Gasteiger partial charge in [-0.1, -0.05) is 0 Å². The van der Waals surface area contributed by atoms with Crippen molar-refractivity contribution in [2.75, 3.05) is 6.61 Å². The van der Waals surface area contributed by atoms with E-state index in [-0.39, 0.29) is 6.61 Å². The molecule has 0 aromatic carbocycles. The van der Waals surface area contributed by atoms with Gasteiger partial charge in [-0.15, -0.1) is 0 Å². The van der Waals surface area contributed by atoms with Crippen molar-refractivity contribution < 1.29 is 18.3 Å². The highest BCUT2D eigenvalue weighted by Crippen LogP contribution is 2.22. The normalized spacial score (nSPS) is 10.1. The van der Waals surface area contributed by atoms with Gasteiger partial charge >= 0.3 is 5.97 Å². The van der Waals surface area contributed by atoms with Gasteiger partial charge in [0.1, 0.15) is 11.8 Å². The minimum Gasteiger partial charge on any atom is -0.461 e. The maximum atomic E-state index is 12.6. The topological polar surface area (TPSA) is 83.0 Å². The zero-order valence-corrected chi connectivity index (χ0v) is 8.79. The van der Waals surface area contributed by atoms with E-state index in [4.69, 9.17) is 5.26 Å². The average molecular weight is 242 g/mol. The van der Waals surface area contributed by atoms with Gasteiger partial charge in [0.05, 0.1) is 12.2 Å². The van der Waals surface area contributed by atoms with E-state index >= 15 is 0 Å². The molecule has 7 heteroatoms. The Kier molecular flexibility index (Phi) is 3.93. The van der Waals surface area contributed by atoms with Crippen molar-refractivity contribution in [3.63, 3.8) is 0 Å². The quantitative estimate of drug-likeness (QED) is 0.811. The number of ether oxygens (including phenoxy) is 1.